The molecule has 0 N–H and O–H groups in total. The number of hydrogen-bond acceptors (Lipinski definition) is 6. The summed E-state index contributed by atoms with van der Waals surface area (Å²) in [5.41, 5.74) is 0.846. The minimum absolute atomic E-state index is 0. The van der Waals surface area contributed by atoms with E-state index in [0.717, 1.165) is 0 Å². The summed E-state index contributed by atoms with van der Waals surface area (Å²) in [6.45, 7) is 0. The van der Waals surface area contributed by atoms with Gasteiger partial charge in [-0.3, -0.25) is 0 Å². The zero-order valence-electron chi connectivity index (χ0n) is 14.0. The number of ether oxygens (including phenoxy) is 2. The van der Waals surface area contributed by atoms with Gasteiger partial charge in [0.2, 0.25) is 0 Å². The van der Waals surface area contributed by atoms with Crippen molar-refractivity contribution in [2.75, 3.05) is 14.2 Å². The number of hydrogen-bond donors (Lipinski definition) is 0. The normalized spacial score (nSPS) is 11.2. The second kappa shape index (κ2) is 9.04. The molecule has 0 aliphatic rings. The van der Waals surface area contributed by atoms with Crippen LogP contribution < -0.4 is 39.0 Å². The first-order valence-corrected chi connectivity index (χ1v) is 8.20. The zero-order chi connectivity index (χ0) is 17.7. The average Bonchev–Trinajstić information content (AvgIpc) is 2.58. The van der Waals surface area contributed by atoms with E-state index in [1.54, 1.807) is 24.3 Å². The molecule has 0 fully saturated rings. The molecule has 0 aliphatic heterocycles. The number of allylic oxidation sites excluding steroid dienone is 1. The van der Waals surface area contributed by atoms with Gasteiger partial charge in [0.1, 0.15) is 10.1 Å². The van der Waals surface area contributed by atoms with Gasteiger partial charge in [-0.05, 0) is 41.5 Å². The monoisotopic (exact) mass is 367 g/mol. The summed E-state index contributed by atoms with van der Waals surface area (Å²) in [6.07, 6.45) is 1.35. The van der Waals surface area contributed by atoms with Crippen LogP contribution in [0.15, 0.2) is 47.4 Å². The molecular weight excluding hydrogens is 353 g/mol. The van der Waals surface area contributed by atoms with Crippen LogP contribution in [-0.2, 0) is 10.1 Å². The third-order valence-electron chi connectivity index (χ3n) is 3.30. The van der Waals surface area contributed by atoms with E-state index in [0.29, 0.717) is 17.1 Å². The zero-order valence-corrected chi connectivity index (χ0v) is 16.8. The molecule has 124 valence electrons. The van der Waals surface area contributed by atoms with Gasteiger partial charge in [0.05, 0.1) is 30.8 Å². The van der Waals surface area contributed by atoms with Crippen LogP contribution in [0.4, 0.5) is 0 Å². The maximum absolute atomic E-state index is 11.3. The van der Waals surface area contributed by atoms with Crippen LogP contribution in [0.5, 0.6) is 11.5 Å². The summed E-state index contributed by atoms with van der Waals surface area (Å²) in [5, 5.41) is 9.41. The van der Waals surface area contributed by atoms with Crippen LogP contribution in [0, 0.1) is 11.3 Å². The van der Waals surface area contributed by atoms with Crippen LogP contribution >= 0.6 is 0 Å². The third-order valence-corrected chi connectivity index (χ3v) is 4.21. The van der Waals surface area contributed by atoms with Crippen molar-refractivity contribution in [2.24, 2.45) is 0 Å². The summed E-state index contributed by atoms with van der Waals surface area (Å²) >= 11 is 0. The first-order chi connectivity index (χ1) is 11.4. The number of methoxy groups -OCH3 is 2. The predicted molar refractivity (Wildman–Crippen MR) is 87.4 cm³/mol. The molecule has 2 rings (SSSR count). The fourth-order valence-corrected chi connectivity index (χ4v) is 2.83. The maximum Gasteiger partial charge on any atom is 1.00 e. The molecule has 6 nitrogen and oxygen atoms in total. The number of nitrogens with zero attached hydrogens (tertiary/aromatic N) is 1. The Morgan fingerprint density at radius 1 is 1.12 bits per heavy atom. The predicted octanol–water partition coefficient (Wildman–Crippen LogP) is -0.324. The van der Waals surface area contributed by atoms with E-state index in [2.05, 4.69) is 0 Å². The Bertz CT molecular complexity index is 932. The topological polar surface area (TPSA) is 99.5 Å². The number of benzene rings is 2. The second-order valence-electron chi connectivity index (χ2n) is 4.73. The molecule has 0 saturated heterocycles. The van der Waals surface area contributed by atoms with E-state index in [1.165, 1.54) is 38.5 Å². The minimum atomic E-state index is -4.64. The van der Waals surface area contributed by atoms with Crippen molar-refractivity contribution in [1.29, 1.82) is 5.26 Å². The summed E-state index contributed by atoms with van der Waals surface area (Å²) in [4.78, 5) is -0.377. The third kappa shape index (κ3) is 5.08. The van der Waals surface area contributed by atoms with E-state index >= 15 is 0 Å². The second-order valence-corrected chi connectivity index (χ2v) is 6.08. The van der Waals surface area contributed by atoms with Gasteiger partial charge >= 0.3 is 29.6 Å². The van der Waals surface area contributed by atoms with Gasteiger partial charge in [-0.2, -0.15) is 5.26 Å². The molecule has 0 bridgehead atoms. The van der Waals surface area contributed by atoms with Crippen molar-refractivity contribution in [3.8, 4) is 17.6 Å². The van der Waals surface area contributed by atoms with E-state index < -0.39 is 10.1 Å². The van der Waals surface area contributed by atoms with Crippen molar-refractivity contribution in [1.82, 2.24) is 0 Å². The van der Waals surface area contributed by atoms with Crippen LogP contribution in [0.2, 0.25) is 0 Å². The van der Waals surface area contributed by atoms with Gasteiger partial charge in [-0.15, -0.1) is 0 Å². The van der Waals surface area contributed by atoms with E-state index in [1.807, 2.05) is 6.07 Å². The Hall–Kier alpha value is -1.82. The van der Waals surface area contributed by atoms with Gasteiger partial charge in [0.15, 0.2) is 11.5 Å². The van der Waals surface area contributed by atoms with Crippen molar-refractivity contribution in [2.45, 2.75) is 4.90 Å². The largest absolute Gasteiger partial charge is 1.00 e. The summed E-state index contributed by atoms with van der Waals surface area (Å²) in [6, 6.07) is 12.6. The van der Waals surface area contributed by atoms with E-state index in [-0.39, 0.29) is 45.6 Å². The molecule has 0 unspecified atom stereocenters. The Morgan fingerprint density at radius 3 is 2.32 bits per heavy atom. The Morgan fingerprint density at radius 2 is 1.76 bits per heavy atom. The molecule has 0 heterocycles. The van der Waals surface area contributed by atoms with Gasteiger partial charge in [0, 0.05) is 0 Å². The summed E-state index contributed by atoms with van der Waals surface area (Å²) in [5.74, 6) is 0.932. The molecule has 2 aromatic carbocycles. The van der Waals surface area contributed by atoms with Crippen LogP contribution in [0.25, 0.3) is 11.6 Å². The van der Waals surface area contributed by atoms with Gasteiger partial charge in [0.25, 0.3) is 0 Å². The standard InChI is InChI=1S/C17H15NO5S.Na/c1-22-15-8-7-12(10-16(15)23-2)14(11-18)9-13-5-3-4-6-17(13)24(19,20)21;/h3-10H,1-2H3,(H,19,20,21);/q;+1/p-1/b14-9+;. The summed E-state index contributed by atoms with van der Waals surface area (Å²) in [7, 11) is -1.68. The molecule has 0 radical (unpaired) electrons. The molecule has 2 aromatic rings. The minimum Gasteiger partial charge on any atom is -0.744 e. The van der Waals surface area contributed by atoms with Gasteiger partial charge in [-0.25, -0.2) is 8.42 Å². The smallest absolute Gasteiger partial charge is 0.744 e. The Kier molecular flexibility index (Phi) is 7.67. The summed E-state index contributed by atoms with van der Waals surface area (Å²) < 4.78 is 44.4. The van der Waals surface area contributed by atoms with Crippen molar-refractivity contribution >= 4 is 21.8 Å². The van der Waals surface area contributed by atoms with Crippen molar-refractivity contribution < 1.29 is 52.0 Å². The van der Waals surface area contributed by atoms with Gasteiger partial charge in [-0.1, -0.05) is 18.2 Å². The number of rotatable bonds is 5. The molecule has 0 aliphatic carbocycles. The fraction of sp³-hybridized carbons (Fsp3) is 0.118. The SMILES string of the molecule is COc1ccc(/C(C#N)=C/c2ccccc2S(=O)(=O)[O-])cc1OC.[Na+]. The first-order valence-electron chi connectivity index (χ1n) is 6.80. The van der Waals surface area contributed by atoms with Crippen LogP contribution in [0.1, 0.15) is 11.1 Å². The Balaban J connectivity index is 0.00000312. The van der Waals surface area contributed by atoms with Crippen LogP contribution in [0.3, 0.4) is 0 Å². The molecule has 0 aromatic heterocycles. The molecule has 8 heteroatoms. The molecule has 0 atom stereocenters. The fourth-order valence-electron chi connectivity index (χ4n) is 2.17. The maximum atomic E-state index is 11.3. The molecule has 0 spiro atoms. The molecular formula is C17H14NNaO5S. The average molecular weight is 367 g/mol. The molecule has 0 saturated carbocycles. The Labute approximate surface area is 168 Å². The van der Waals surface area contributed by atoms with E-state index in [4.69, 9.17) is 9.47 Å². The van der Waals surface area contributed by atoms with Crippen molar-refractivity contribution in [3.63, 3.8) is 0 Å². The number of nitriles is 1. The molecule has 25 heavy (non-hydrogen) atoms. The quantitative estimate of drug-likeness (QED) is 0.311. The van der Waals surface area contributed by atoms with E-state index in [9.17, 15) is 18.2 Å². The first kappa shape index (κ1) is 21.2. The van der Waals surface area contributed by atoms with Crippen LogP contribution in [-0.4, -0.2) is 27.2 Å². The van der Waals surface area contributed by atoms with Crippen molar-refractivity contribution in [3.05, 3.63) is 53.6 Å². The van der Waals surface area contributed by atoms with Gasteiger partial charge < -0.3 is 14.0 Å². The molecule has 0 amide bonds.